The Balaban J connectivity index is 3.61. The van der Waals surface area contributed by atoms with E-state index in [1.54, 1.807) is 0 Å². The van der Waals surface area contributed by atoms with Crippen molar-refractivity contribution in [1.29, 1.82) is 0 Å². The monoisotopic (exact) mass is 229 g/mol. The van der Waals surface area contributed by atoms with Gasteiger partial charge in [-0.3, -0.25) is 14.4 Å². The first-order valence-electron chi connectivity index (χ1n) is 4.79. The van der Waals surface area contributed by atoms with Gasteiger partial charge >= 0.3 is 0 Å². The van der Waals surface area contributed by atoms with Gasteiger partial charge in [-0.15, -0.1) is 0 Å². The maximum absolute atomic E-state index is 11.7. The summed E-state index contributed by atoms with van der Waals surface area (Å²) in [4.78, 5) is 34.4. The molecule has 4 heteroatoms. The van der Waals surface area contributed by atoms with E-state index >= 15 is 0 Å². The summed E-state index contributed by atoms with van der Waals surface area (Å²) in [5.74, 6) is -1.74. The summed E-state index contributed by atoms with van der Waals surface area (Å²) >= 11 is 0. The van der Waals surface area contributed by atoms with Crippen LogP contribution in [0.2, 0.25) is 0 Å². The van der Waals surface area contributed by atoms with Crippen LogP contribution in [0.3, 0.4) is 0 Å². The first kappa shape index (κ1) is 12.6. The molecule has 1 aromatic rings. The highest BCUT2D eigenvalue weighted by molar-refractivity contribution is 6.20. The van der Waals surface area contributed by atoms with Crippen molar-refractivity contribution in [2.45, 2.75) is 0 Å². The van der Waals surface area contributed by atoms with Crippen LogP contribution < -0.4 is 5.73 Å². The number of benzene rings is 1. The highest BCUT2D eigenvalue weighted by Gasteiger charge is 2.19. The van der Waals surface area contributed by atoms with Gasteiger partial charge in [-0.1, -0.05) is 25.3 Å². The molecule has 0 aliphatic carbocycles. The molecule has 0 fully saturated rings. The van der Waals surface area contributed by atoms with E-state index in [0.29, 0.717) is 0 Å². The van der Waals surface area contributed by atoms with Crippen LogP contribution in [0.15, 0.2) is 43.5 Å². The van der Waals surface area contributed by atoms with E-state index in [2.05, 4.69) is 13.2 Å². The van der Waals surface area contributed by atoms with Gasteiger partial charge in [0.25, 0.3) is 0 Å². The minimum absolute atomic E-state index is 0.00241. The Morgan fingerprint density at radius 3 is 2.00 bits per heavy atom. The summed E-state index contributed by atoms with van der Waals surface area (Å²) < 4.78 is 0. The SMILES string of the molecule is C=CC(=O)c1cccc(C(N)=O)c1C(=O)C=C. The molecule has 0 radical (unpaired) electrons. The zero-order valence-corrected chi connectivity index (χ0v) is 9.10. The molecule has 2 N–H and O–H groups in total. The molecule has 0 atom stereocenters. The fourth-order valence-corrected chi connectivity index (χ4v) is 1.44. The van der Waals surface area contributed by atoms with Gasteiger partial charge in [0, 0.05) is 11.1 Å². The quantitative estimate of drug-likeness (QED) is 0.614. The Morgan fingerprint density at radius 1 is 1.00 bits per heavy atom. The standard InChI is InChI=1S/C13H11NO3/c1-3-10(15)8-6-5-7-9(13(14)17)12(8)11(16)4-2/h3-7H,1-2H2,(H2,14,17). The third-order valence-electron chi connectivity index (χ3n) is 2.21. The topological polar surface area (TPSA) is 77.2 Å². The zero-order chi connectivity index (χ0) is 13.0. The van der Waals surface area contributed by atoms with Gasteiger partial charge in [-0.2, -0.15) is 0 Å². The Morgan fingerprint density at radius 2 is 1.53 bits per heavy atom. The Kier molecular flexibility index (Phi) is 3.72. The van der Waals surface area contributed by atoms with Gasteiger partial charge < -0.3 is 5.73 Å². The fourth-order valence-electron chi connectivity index (χ4n) is 1.44. The number of rotatable bonds is 5. The molecule has 86 valence electrons. The van der Waals surface area contributed by atoms with E-state index in [-0.39, 0.29) is 16.7 Å². The lowest BCUT2D eigenvalue weighted by atomic mass is 9.94. The maximum Gasteiger partial charge on any atom is 0.249 e. The van der Waals surface area contributed by atoms with Crippen molar-refractivity contribution in [3.63, 3.8) is 0 Å². The molecular formula is C13H11NO3. The number of nitrogens with two attached hydrogens (primary N) is 1. The van der Waals surface area contributed by atoms with Crippen LogP contribution >= 0.6 is 0 Å². The number of hydrogen-bond donors (Lipinski definition) is 1. The third kappa shape index (κ3) is 2.36. The van der Waals surface area contributed by atoms with Crippen molar-refractivity contribution in [2.75, 3.05) is 0 Å². The molecule has 0 aliphatic rings. The molecule has 1 aromatic carbocycles. The van der Waals surface area contributed by atoms with E-state index in [1.807, 2.05) is 0 Å². The van der Waals surface area contributed by atoms with Crippen molar-refractivity contribution in [3.05, 3.63) is 60.2 Å². The molecule has 0 bridgehead atoms. The summed E-state index contributed by atoms with van der Waals surface area (Å²) in [6, 6.07) is 4.31. The predicted octanol–water partition coefficient (Wildman–Crippen LogP) is 1.52. The molecule has 0 aliphatic heterocycles. The number of ketones is 2. The second-order valence-corrected chi connectivity index (χ2v) is 3.23. The van der Waals surface area contributed by atoms with Crippen molar-refractivity contribution in [2.24, 2.45) is 5.73 Å². The molecule has 1 amide bonds. The van der Waals surface area contributed by atoms with Crippen molar-refractivity contribution < 1.29 is 14.4 Å². The number of primary amides is 1. The lowest BCUT2D eigenvalue weighted by molar-refractivity contribution is 0.0979. The van der Waals surface area contributed by atoms with Crippen LogP contribution in [0.4, 0.5) is 0 Å². The molecular weight excluding hydrogens is 218 g/mol. The molecule has 0 unspecified atom stereocenters. The van der Waals surface area contributed by atoms with E-state index in [9.17, 15) is 14.4 Å². The second-order valence-electron chi connectivity index (χ2n) is 3.23. The first-order chi connectivity index (χ1) is 8.02. The number of hydrogen-bond acceptors (Lipinski definition) is 3. The van der Waals surface area contributed by atoms with E-state index in [4.69, 9.17) is 5.73 Å². The van der Waals surface area contributed by atoms with Crippen molar-refractivity contribution >= 4 is 17.5 Å². The van der Waals surface area contributed by atoms with Gasteiger partial charge in [0.05, 0.1) is 5.56 Å². The van der Waals surface area contributed by atoms with Crippen molar-refractivity contribution in [1.82, 2.24) is 0 Å². The maximum atomic E-state index is 11.7. The van der Waals surface area contributed by atoms with Gasteiger partial charge in [0.2, 0.25) is 5.91 Å². The van der Waals surface area contributed by atoms with Gasteiger partial charge in [-0.25, -0.2) is 0 Å². The molecule has 0 heterocycles. The molecule has 0 spiro atoms. The van der Waals surface area contributed by atoms with Crippen LogP contribution in [0.5, 0.6) is 0 Å². The smallest absolute Gasteiger partial charge is 0.249 e. The first-order valence-corrected chi connectivity index (χ1v) is 4.79. The molecule has 17 heavy (non-hydrogen) atoms. The highest BCUT2D eigenvalue weighted by atomic mass is 16.1. The average Bonchev–Trinajstić information content (AvgIpc) is 2.35. The summed E-state index contributed by atoms with van der Waals surface area (Å²) in [5.41, 5.74) is 5.23. The molecule has 1 rings (SSSR count). The number of carbonyl (C=O) groups excluding carboxylic acids is 3. The van der Waals surface area contributed by atoms with Crippen LogP contribution in [0, 0.1) is 0 Å². The minimum Gasteiger partial charge on any atom is -0.366 e. The largest absolute Gasteiger partial charge is 0.366 e. The summed E-state index contributed by atoms with van der Waals surface area (Å²) in [6.07, 6.45) is 2.10. The van der Waals surface area contributed by atoms with E-state index in [1.165, 1.54) is 18.2 Å². The third-order valence-corrected chi connectivity index (χ3v) is 2.21. The lowest BCUT2D eigenvalue weighted by Gasteiger charge is -2.07. The van der Waals surface area contributed by atoms with Crippen LogP contribution in [-0.4, -0.2) is 17.5 Å². The minimum atomic E-state index is -0.770. The number of allylic oxidation sites excluding steroid dienone is 2. The van der Waals surface area contributed by atoms with E-state index in [0.717, 1.165) is 12.2 Å². The fraction of sp³-hybridized carbons (Fsp3) is 0. The Bertz CT molecular complexity index is 529. The second kappa shape index (κ2) is 5.03. The Labute approximate surface area is 98.4 Å². The summed E-state index contributed by atoms with van der Waals surface area (Å²) in [7, 11) is 0. The van der Waals surface area contributed by atoms with Crippen LogP contribution in [0.1, 0.15) is 31.1 Å². The van der Waals surface area contributed by atoms with Crippen LogP contribution in [0.25, 0.3) is 0 Å². The van der Waals surface area contributed by atoms with Crippen molar-refractivity contribution in [3.8, 4) is 0 Å². The van der Waals surface area contributed by atoms with Gasteiger partial charge in [-0.05, 0) is 18.2 Å². The molecule has 0 saturated heterocycles. The molecule has 4 nitrogen and oxygen atoms in total. The summed E-state index contributed by atoms with van der Waals surface area (Å²) in [5, 5.41) is 0. The lowest BCUT2D eigenvalue weighted by Crippen LogP contribution is -2.18. The highest BCUT2D eigenvalue weighted by Crippen LogP contribution is 2.17. The number of amides is 1. The molecule has 0 saturated carbocycles. The van der Waals surface area contributed by atoms with Gasteiger partial charge in [0.15, 0.2) is 11.6 Å². The Hall–Kier alpha value is -2.49. The van der Waals surface area contributed by atoms with E-state index < -0.39 is 17.5 Å². The average molecular weight is 229 g/mol. The predicted molar refractivity (Wildman–Crippen MR) is 64.0 cm³/mol. The summed E-state index contributed by atoms with van der Waals surface area (Å²) in [6.45, 7) is 6.66. The number of carbonyl (C=O) groups is 3. The van der Waals surface area contributed by atoms with Gasteiger partial charge in [0.1, 0.15) is 0 Å². The normalized spacial score (nSPS) is 9.41. The van der Waals surface area contributed by atoms with Crippen LogP contribution in [-0.2, 0) is 0 Å². The zero-order valence-electron chi connectivity index (χ0n) is 9.10. The molecule has 0 aromatic heterocycles.